The summed E-state index contributed by atoms with van der Waals surface area (Å²) in [6, 6.07) is 6.34. The van der Waals surface area contributed by atoms with Crippen LogP contribution in [0.15, 0.2) is 24.3 Å². The Labute approximate surface area is 147 Å². The fourth-order valence-electron chi connectivity index (χ4n) is 2.25. The summed E-state index contributed by atoms with van der Waals surface area (Å²) >= 11 is 3.45. The zero-order chi connectivity index (χ0) is 18.1. The molecule has 0 aliphatic carbocycles. The van der Waals surface area contributed by atoms with E-state index in [4.69, 9.17) is 10.2 Å². The van der Waals surface area contributed by atoms with Gasteiger partial charge in [0.2, 0.25) is 0 Å². The van der Waals surface area contributed by atoms with Gasteiger partial charge in [-0.1, -0.05) is 28.1 Å². The quantitative estimate of drug-likeness (QED) is 0.330. The third kappa shape index (κ3) is 8.02. The number of nitrogens with zero attached hydrogens (tertiary/aromatic N) is 2. The molecule has 2 N–H and O–H groups in total. The Morgan fingerprint density at radius 2 is 1.71 bits per heavy atom. The average Bonchev–Trinajstić information content (AvgIpc) is 2.46. The van der Waals surface area contributed by atoms with Gasteiger partial charge in [0, 0.05) is 23.5 Å². The van der Waals surface area contributed by atoms with E-state index in [2.05, 4.69) is 15.9 Å². The second-order valence-electron chi connectivity index (χ2n) is 5.37. The molecule has 24 heavy (non-hydrogen) atoms. The molecule has 1 unspecified atom stereocenters. The van der Waals surface area contributed by atoms with Gasteiger partial charge < -0.3 is 10.2 Å². The molecule has 0 fully saturated rings. The summed E-state index contributed by atoms with van der Waals surface area (Å²) in [4.78, 5) is 33.0. The lowest BCUT2D eigenvalue weighted by atomic mass is 10.1. The molecule has 0 saturated carbocycles. The van der Waals surface area contributed by atoms with E-state index < -0.39 is 16.9 Å². The van der Waals surface area contributed by atoms with Crippen LogP contribution in [0.4, 0.5) is 5.69 Å². The molecule has 0 spiro atoms. The zero-order valence-corrected chi connectivity index (χ0v) is 14.5. The number of carboxylic acid groups (broad SMARTS) is 2. The highest BCUT2D eigenvalue weighted by Gasteiger charge is 2.17. The van der Waals surface area contributed by atoms with Crippen LogP contribution in [-0.4, -0.2) is 56.4 Å². The van der Waals surface area contributed by atoms with Crippen LogP contribution in [0, 0.1) is 10.1 Å². The smallest absolute Gasteiger partial charge is 0.317 e. The molecule has 9 heteroatoms. The summed E-state index contributed by atoms with van der Waals surface area (Å²) in [5.41, 5.74) is 1.03. The van der Waals surface area contributed by atoms with Gasteiger partial charge in [0.25, 0.3) is 5.69 Å². The Bertz CT molecular complexity index is 562. The van der Waals surface area contributed by atoms with Gasteiger partial charge in [-0.25, -0.2) is 0 Å². The fourth-order valence-corrected chi connectivity index (χ4v) is 2.98. The number of rotatable bonds is 11. The number of aryl methyl sites for hydroxylation is 1. The van der Waals surface area contributed by atoms with E-state index >= 15 is 0 Å². The highest BCUT2D eigenvalue weighted by molar-refractivity contribution is 9.09. The Balaban J connectivity index is 2.40. The first-order valence-corrected chi connectivity index (χ1v) is 8.23. The number of carbonyl (C=O) groups is 2. The van der Waals surface area contributed by atoms with Crippen LogP contribution in [0.25, 0.3) is 0 Å². The summed E-state index contributed by atoms with van der Waals surface area (Å²) in [6.07, 6.45) is 2.26. The van der Waals surface area contributed by atoms with E-state index in [1.807, 2.05) is 0 Å². The summed E-state index contributed by atoms with van der Waals surface area (Å²) < 4.78 is 0. The summed E-state index contributed by atoms with van der Waals surface area (Å²) in [7, 11) is 0. The number of alkyl halides is 1. The molecule has 1 rings (SSSR count). The van der Waals surface area contributed by atoms with Crippen LogP contribution in [0.5, 0.6) is 0 Å². The Morgan fingerprint density at radius 1 is 1.17 bits per heavy atom. The lowest BCUT2D eigenvalue weighted by Gasteiger charge is -2.21. The molecule has 1 aromatic carbocycles. The number of hydrogen-bond donors (Lipinski definition) is 2. The van der Waals surface area contributed by atoms with E-state index in [9.17, 15) is 19.7 Å². The van der Waals surface area contributed by atoms with Crippen LogP contribution in [-0.2, 0) is 16.0 Å². The third-order valence-corrected chi connectivity index (χ3v) is 4.05. The highest BCUT2D eigenvalue weighted by Crippen LogP contribution is 2.16. The van der Waals surface area contributed by atoms with Gasteiger partial charge in [0.1, 0.15) is 0 Å². The standard InChI is InChI=1S/C15H19BrN2O6/c16-12(8-17(9-14(19)20)10-15(21)22)3-1-2-11-4-6-13(7-5-11)18(23)24/h4-7,12H,1-3,8-10H2,(H,19,20)(H,21,22). The van der Waals surface area contributed by atoms with Crippen molar-refractivity contribution in [2.75, 3.05) is 19.6 Å². The number of benzene rings is 1. The minimum atomic E-state index is -1.07. The van der Waals surface area contributed by atoms with Gasteiger partial charge in [0.05, 0.1) is 18.0 Å². The topological polar surface area (TPSA) is 121 Å². The maximum absolute atomic E-state index is 10.7. The van der Waals surface area contributed by atoms with Gasteiger partial charge in [-0.3, -0.25) is 24.6 Å². The molecular formula is C15H19BrN2O6. The molecule has 0 saturated heterocycles. The second kappa shape index (κ2) is 9.99. The zero-order valence-electron chi connectivity index (χ0n) is 12.9. The number of aliphatic carboxylic acids is 2. The Hall–Kier alpha value is -2.00. The summed E-state index contributed by atoms with van der Waals surface area (Å²) in [6.45, 7) is -0.327. The maximum atomic E-state index is 10.7. The van der Waals surface area contributed by atoms with Crippen molar-refractivity contribution >= 4 is 33.6 Å². The average molecular weight is 403 g/mol. The van der Waals surface area contributed by atoms with Gasteiger partial charge >= 0.3 is 11.9 Å². The van der Waals surface area contributed by atoms with E-state index in [1.165, 1.54) is 17.0 Å². The Morgan fingerprint density at radius 3 is 2.17 bits per heavy atom. The van der Waals surface area contributed by atoms with E-state index in [-0.39, 0.29) is 23.6 Å². The van der Waals surface area contributed by atoms with Gasteiger partial charge in [-0.15, -0.1) is 0 Å². The lowest BCUT2D eigenvalue weighted by Crippen LogP contribution is -2.38. The van der Waals surface area contributed by atoms with Crippen molar-refractivity contribution in [1.29, 1.82) is 0 Å². The van der Waals surface area contributed by atoms with Crippen molar-refractivity contribution in [2.45, 2.75) is 24.1 Å². The maximum Gasteiger partial charge on any atom is 0.317 e. The van der Waals surface area contributed by atoms with Crippen molar-refractivity contribution < 1.29 is 24.7 Å². The van der Waals surface area contributed by atoms with Crippen LogP contribution < -0.4 is 0 Å². The first-order chi connectivity index (χ1) is 11.3. The van der Waals surface area contributed by atoms with Crippen molar-refractivity contribution in [3.8, 4) is 0 Å². The van der Waals surface area contributed by atoms with Crippen LogP contribution >= 0.6 is 15.9 Å². The van der Waals surface area contributed by atoms with E-state index in [0.29, 0.717) is 6.54 Å². The monoisotopic (exact) mass is 402 g/mol. The minimum Gasteiger partial charge on any atom is -0.480 e. The Kier molecular flexibility index (Phi) is 8.34. The molecule has 0 bridgehead atoms. The number of non-ortho nitro benzene ring substituents is 1. The van der Waals surface area contributed by atoms with Crippen molar-refractivity contribution in [3.63, 3.8) is 0 Å². The largest absolute Gasteiger partial charge is 0.480 e. The van der Waals surface area contributed by atoms with E-state index in [1.54, 1.807) is 12.1 Å². The number of halogens is 1. The summed E-state index contributed by atoms with van der Waals surface area (Å²) in [5, 5.41) is 28.2. The first kappa shape index (κ1) is 20.0. The second-order valence-corrected chi connectivity index (χ2v) is 6.67. The van der Waals surface area contributed by atoms with E-state index in [0.717, 1.165) is 24.8 Å². The van der Waals surface area contributed by atoms with Crippen LogP contribution in [0.1, 0.15) is 18.4 Å². The number of nitro groups is 1. The molecule has 8 nitrogen and oxygen atoms in total. The molecule has 1 atom stereocenters. The van der Waals surface area contributed by atoms with Crippen molar-refractivity contribution in [1.82, 2.24) is 4.90 Å². The fraction of sp³-hybridized carbons (Fsp3) is 0.467. The van der Waals surface area contributed by atoms with Gasteiger partial charge in [0.15, 0.2) is 0 Å². The van der Waals surface area contributed by atoms with Crippen molar-refractivity contribution in [2.24, 2.45) is 0 Å². The summed E-state index contributed by atoms with van der Waals surface area (Å²) in [5.74, 6) is -2.14. The SMILES string of the molecule is O=C(O)CN(CC(=O)O)CC(Br)CCCc1ccc([N+](=O)[O-])cc1. The molecule has 0 aliphatic heterocycles. The number of nitro benzene ring substituents is 1. The molecule has 0 radical (unpaired) electrons. The van der Waals surface area contributed by atoms with Gasteiger partial charge in [-0.05, 0) is 24.8 Å². The number of hydrogen-bond acceptors (Lipinski definition) is 5. The van der Waals surface area contributed by atoms with Crippen LogP contribution in [0.3, 0.4) is 0 Å². The number of carboxylic acids is 2. The lowest BCUT2D eigenvalue weighted by molar-refractivity contribution is -0.384. The third-order valence-electron chi connectivity index (χ3n) is 3.30. The van der Waals surface area contributed by atoms with Crippen molar-refractivity contribution in [3.05, 3.63) is 39.9 Å². The normalized spacial score (nSPS) is 12.1. The molecule has 0 aromatic heterocycles. The molecular weight excluding hydrogens is 384 g/mol. The molecule has 0 aliphatic rings. The van der Waals surface area contributed by atoms with Crippen LogP contribution in [0.2, 0.25) is 0 Å². The minimum absolute atomic E-state index is 0.0331. The molecule has 1 aromatic rings. The first-order valence-electron chi connectivity index (χ1n) is 7.31. The molecule has 132 valence electrons. The molecule has 0 amide bonds. The predicted octanol–water partition coefficient (Wildman–Crippen LogP) is 2.15. The predicted molar refractivity (Wildman–Crippen MR) is 90.5 cm³/mol. The highest BCUT2D eigenvalue weighted by atomic mass is 79.9. The molecule has 0 heterocycles. The van der Waals surface area contributed by atoms with Gasteiger partial charge in [-0.2, -0.15) is 0 Å².